The molecule has 0 aliphatic carbocycles. The van der Waals surface area contributed by atoms with E-state index in [9.17, 15) is 0 Å². The fraction of sp³-hybridized carbons (Fsp3) is 0.556. The average Bonchev–Trinajstić information content (AvgIpc) is 3.00. The third kappa shape index (κ3) is 3.66. The van der Waals surface area contributed by atoms with E-state index >= 15 is 0 Å². The summed E-state index contributed by atoms with van der Waals surface area (Å²) in [6.45, 7) is 19.4. The van der Waals surface area contributed by atoms with Crippen LogP contribution in [0.1, 0.15) is 25.0 Å². The highest BCUT2D eigenvalue weighted by Crippen LogP contribution is 2.37. The number of hydrogen-bond donors (Lipinski definition) is 0. The fourth-order valence-corrected chi connectivity index (χ4v) is 8.99. The molecular formula is C18H30S2Si2. The topological polar surface area (TPSA) is 0 Å². The second-order valence-electron chi connectivity index (χ2n) is 8.14. The lowest BCUT2D eigenvalue weighted by molar-refractivity contribution is 1.14. The maximum Gasteiger partial charge on any atom is 0.0904 e. The third-order valence-electron chi connectivity index (χ3n) is 4.06. The zero-order valence-electron chi connectivity index (χ0n) is 15.4. The fourth-order valence-electron chi connectivity index (χ4n) is 2.51. The van der Waals surface area contributed by atoms with Crippen LogP contribution in [-0.2, 0) is 12.8 Å². The second kappa shape index (κ2) is 6.38. The van der Waals surface area contributed by atoms with Crippen LogP contribution >= 0.6 is 22.7 Å². The molecule has 0 fully saturated rings. The van der Waals surface area contributed by atoms with Crippen LogP contribution in [0.3, 0.4) is 0 Å². The summed E-state index contributed by atoms with van der Waals surface area (Å²) in [6, 6.07) is 5.03. The van der Waals surface area contributed by atoms with Crippen molar-refractivity contribution in [1.29, 1.82) is 0 Å². The van der Waals surface area contributed by atoms with E-state index in [0.717, 1.165) is 12.8 Å². The maximum absolute atomic E-state index is 2.51. The highest BCUT2D eigenvalue weighted by Gasteiger charge is 2.26. The lowest BCUT2D eigenvalue weighted by atomic mass is 10.1. The minimum absolute atomic E-state index is 1.15. The third-order valence-corrected chi connectivity index (χ3v) is 13.7. The number of hydrogen-bond acceptors (Lipinski definition) is 2. The molecule has 0 aliphatic heterocycles. The SMILES string of the molecule is CCc1cc([Si](C)(C)C)sc1-c1sc([Si](C)(C)C)cc1CC. The Balaban J connectivity index is 2.61. The van der Waals surface area contributed by atoms with Gasteiger partial charge in [-0.15, -0.1) is 22.7 Å². The highest BCUT2D eigenvalue weighted by molar-refractivity contribution is 7.34. The smallest absolute Gasteiger partial charge is 0.0904 e. The second-order valence-corrected chi connectivity index (χ2v) is 21.0. The van der Waals surface area contributed by atoms with Crippen LogP contribution in [0.4, 0.5) is 0 Å². The number of aryl methyl sites for hydroxylation is 2. The van der Waals surface area contributed by atoms with Crippen molar-refractivity contribution < 1.29 is 0 Å². The van der Waals surface area contributed by atoms with Crippen molar-refractivity contribution in [3.63, 3.8) is 0 Å². The molecule has 0 spiro atoms. The molecular weight excluding hydrogens is 337 g/mol. The van der Waals surface area contributed by atoms with Gasteiger partial charge in [0.2, 0.25) is 0 Å². The van der Waals surface area contributed by atoms with Gasteiger partial charge in [-0.3, -0.25) is 0 Å². The molecule has 0 radical (unpaired) electrons. The van der Waals surface area contributed by atoms with Crippen molar-refractivity contribution in [1.82, 2.24) is 0 Å². The van der Waals surface area contributed by atoms with Gasteiger partial charge in [0, 0.05) is 9.75 Å². The van der Waals surface area contributed by atoms with Crippen LogP contribution in [0.15, 0.2) is 12.1 Å². The summed E-state index contributed by atoms with van der Waals surface area (Å²) in [6.07, 6.45) is 2.30. The van der Waals surface area contributed by atoms with Crippen molar-refractivity contribution in [2.24, 2.45) is 0 Å². The van der Waals surface area contributed by atoms with Crippen LogP contribution in [0.25, 0.3) is 9.75 Å². The van der Waals surface area contributed by atoms with Crippen molar-refractivity contribution in [3.05, 3.63) is 23.3 Å². The molecule has 0 amide bonds. The zero-order valence-corrected chi connectivity index (χ0v) is 19.0. The van der Waals surface area contributed by atoms with E-state index < -0.39 is 16.1 Å². The summed E-state index contributed by atoms with van der Waals surface area (Å²) in [5, 5.41) is 0. The van der Waals surface area contributed by atoms with Crippen molar-refractivity contribution in [3.8, 4) is 9.75 Å². The first-order valence-electron chi connectivity index (χ1n) is 8.34. The Morgan fingerprint density at radius 2 is 1.00 bits per heavy atom. The summed E-state index contributed by atoms with van der Waals surface area (Å²) in [5.41, 5.74) is 3.14. The quantitative estimate of drug-likeness (QED) is 0.596. The van der Waals surface area contributed by atoms with E-state index in [0.29, 0.717) is 0 Å². The van der Waals surface area contributed by atoms with E-state index in [2.05, 4.69) is 87.9 Å². The van der Waals surface area contributed by atoms with Crippen LogP contribution < -0.4 is 9.00 Å². The van der Waals surface area contributed by atoms with Gasteiger partial charge in [-0.25, -0.2) is 0 Å². The van der Waals surface area contributed by atoms with Crippen LogP contribution in [0, 0.1) is 0 Å². The van der Waals surface area contributed by atoms with E-state index in [4.69, 9.17) is 0 Å². The number of thiophene rings is 2. The standard InChI is InChI=1S/C18H30S2Si2/c1-9-13-11-15(21(3,4)5)19-17(13)18-14(10-2)12-16(20-18)22(6,7)8/h11-12H,9-10H2,1-8H3. The molecule has 122 valence electrons. The molecule has 2 aromatic rings. The van der Waals surface area contributed by atoms with E-state index in [1.54, 1.807) is 29.9 Å². The molecule has 0 N–H and O–H groups in total. The number of rotatable bonds is 5. The predicted molar refractivity (Wildman–Crippen MR) is 112 cm³/mol. The molecule has 0 saturated carbocycles. The first kappa shape index (κ1) is 18.2. The monoisotopic (exact) mass is 366 g/mol. The summed E-state index contributed by atoms with van der Waals surface area (Å²) < 4.78 is 3.31. The van der Waals surface area contributed by atoms with E-state index in [-0.39, 0.29) is 0 Å². The van der Waals surface area contributed by atoms with Crippen LogP contribution in [0.2, 0.25) is 39.3 Å². The molecule has 0 aromatic carbocycles. The van der Waals surface area contributed by atoms with Crippen molar-refractivity contribution >= 4 is 47.8 Å². The summed E-state index contributed by atoms with van der Waals surface area (Å²) in [5.74, 6) is 0. The highest BCUT2D eigenvalue weighted by atomic mass is 32.1. The molecule has 2 heterocycles. The van der Waals surface area contributed by atoms with Gasteiger partial charge in [-0.2, -0.15) is 0 Å². The summed E-state index contributed by atoms with van der Waals surface area (Å²) in [4.78, 5) is 3.15. The normalized spacial score (nSPS) is 12.9. The van der Waals surface area contributed by atoms with E-state index in [1.165, 1.54) is 0 Å². The van der Waals surface area contributed by atoms with Gasteiger partial charge in [0.1, 0.15) is 0 Å². The molecule has 2 aromatic heterocycles. The minimum atomic E-state index is -1.22. The van der Waals surface area contributed by atoms with Gasteiger partial charge in [-0.1, -0.05) is 53.1 Å². The first-order valence-corrected chi connectivity index (χ1v) is 17.0. The summed E-state index contributed by atoms with van der Waals surface area (Å²) >= 11 is 4.17. The molecule has 0 aliphatic rings. The van der Waals surface area contributed by atoms with Crippen LogP contribution in [0.5, 0.6) is 0 Å². The predicted octanol–water partition coefficient (Wildman–Crippen LogP) is 5.69. The summed E-state index contributed by atoms with van der Waals surface area (Å²) in [7, 11) is -2.44. The lowest BCUT2D eigenvalue weighted by Gasteiger charge is -2.12. The Morgan fingerprint density at radius 1 is 0.682 bits per heavy atom. The molecule has 2 rings (SSSR count). The van der Waals surface area contributed by atoms with Gasteiger partial charge in [-0.05, 0) is 45.1 Å². The Hall–Kier alpha value is -0.166. The Kier molecular flexibility index (Phi) is 5.27. The Morgan fingerprint density at radius 3 is 1.23 bits per heavy atom. The molecule has 0 nitrogen and oxygen atoms in total. The van der Waals surface area contributed by atoms with Gasteiger partial charge in [0.15, 0.2) is 0 Å². The van der Waals surface area contributed by atoms with Gasteiger partial charge < -0.3 is 0 Å². The minimum Gasteiger partial charge on any atom is -0.144 e. The zero-order chi connectivity index (χ0) is 16.7. The average molecular weight is 367 g/mol. The molecule has 0 saturated heterocycles. The Labute approximate surface area is 146 Å². The lowest BCUT2D eigenvalue weighted by Crippen LogP contribution is -2.34. The maximum atomic E-state index is 2.51. The van der Waals surface area contributed by atoms with Gasteiger partial charge >= 0.3 is 0 Å². The van der Waals surface area contributed by atoms with Gasteiger partial charge in [0.05, 0.1) is 16.1 Å². The van der Waals surface area contributed by atoms with Gasteiger partial charge in [0.25, 0.3) is 0 Å². The molecule has 0 bridgehead atoms. The first-order chi connectivity index (χ1) is 10.1. The molecule has 4 heteroatoms. The molecule has 22 heavy (non-hydrogen) atoms. The van der Waals surface area contributed by atoms with Crippen LogP contribution in [-0.4, -0.2) is 16.1 Å². The van der Waals surface area contributed by atoms with Crippen molar-refractivity contribution in [2.75, 3.05) is 0 Å². The Bertz CT molecular complexity index is 593. The van der Waals surface area contributed by atoms with E-state index in [1.807, 2.05) is 0 Å². The largest absolute Gasteiger partial charge is 0.144 e. The molecule has 0 atom stereocenters. The molecule has 0 unspecified atom stereocenters. The van der Waals surface area contributed by atoms with Crippen molar-refractivity contribution in [2.45, 2.75) is 66.0 Å².